The smallest absolute Gasteiger partial charge is 0.346 e. The number of nitrogens with zero attached hydrogens (tertiary/aromatic N) is 3. The Balaban J connectivity index is 3.18. The molecule has 0 amide bonds. The number of rotatable bonds is 5. The predicted molar refractivity (Wildman–Crippen MR) is 51.5 cm³/mol. The maximum Gasteiger partial charge on any atom is 0.346 e. The molecule has 0 aromatic carbocycles. The van der Waals surface area contributed by atoms with Gasteiger partial charge in [-0.3, -0.25) is 0 Å². The molecular formula is C8H13N3O4. The zero-order valence-corrected chi connectivity index (χ0v) is 8.38. The number of aromatic nitrogens is 2. The Morgan fingerprint density at radius 1 is 1.47 bits per heavy atom. The van der Waals surface area contributed by atoms with Crippen LogP contribution >= 0.6 is 0 Å². The summed E-state index contributed by atoms with van der Waals surface area (Å²) in [5.74, 6) is 0.329. The first-order valence-electron chi connectivity index (χ1n) is 4.54. The lowest BCUT2D eigenvalue weighted by Gasteiger charge is -2.00. The molecule has 1 aromatic rings. The second-order valence-electron chi connectivity index (χ2n) is 3.04. The number of aliphatic hydroxyl groups excluding tert-OH is 2. The van der Waals surface area contributed by atoms with Gasteiger partial charge >= 0.3 is 5.82 Å². The average molecular weight is 215 g/mol. The standard InChI is InChI=1S/C8H13N3O4/c1-6-9-7(2-4-12)8(11(14)15)10(6)3-5-13/h12-13H,2-5H2,1H3. The SMILES string of the molecule is Cc1nc(CCO)c([N+](=O)[O-])n1CCO. The summed E-state index contributed by atoms with van der Waals surface area (Å²) in [5.41, 5.74) is 0.258. The Hall–Kier alpha value is -1.47. The van der Waals surface area contributed by atoms with Crippen LogP contribution < -0.4 is 0 Å². The van der Waals surface area contributed by atoms with Gasteiger partial charge in [-0.2, -0.15) is 0 Å². The van der Waals surface area contributed by atoms with Crippen molar-refractivity contribution in [3.63, 3.8) is 0 Å². The highest BCUT2D eigenvalue weighted by Gasteiger charge is 2.23. The lowest BCUT2D eigenvalue weighted by molar-refractivity contribution is -0.393. The predicted octanol–water partition coefficient (Wildman–Crippen LogP) is -0.373. The molecular weight excluding hydrogens is 202 g/mol. The molecule has 15 heavy (non-hydrogen) atoms. The summed E-state index contributed by atoms with van der Waals surface area (Å²) in [6.07, 6.45) is 0.148. The number of hydrogen-bond acceptors (Lipinski definition) is 5. The zero-order chi connectivity index (χ0) is 11.4. The number of nitro groups is 1. The van der Waals surface area contributed by atoms with Gasteiger partial charge in [0.05, 0.1) is 6.61 Å². The minimum Gasteiger partial charge on any atom is -0.396 e. The summed E-state index contributed by atoms with van der Waals surface area (Å²) in [5, 5.41) is 28.3. The molecule has 1 rings (SSSR count). The van der Waals surface area contributed by atoms with Crippen molar-refractivity contribution >= 4 is 5.82 Å². The Bertz CT molecular complexity index is 361. The molecule has 2 N–H and O–H groups in total. The van der Waals surface area contributed by atoms with Crippen LogP contribution in [0.1, 0.15) is 11.5 Å². The molecule has 0 unspecified atom stereocenters. The van der Waals surface area contributed by atoms with E-state index >= 15 is 0 Å². The van der Waals surface area contributed by atoms with E-state index in [0.29, 0.717) is 5.82 Å². The van der Waals surface area contributed by atoms with Crippen molar-refractivity contribution in [3.05, 3.63) is 21.6 Å². The number of imidazole rings is 1. The number of aliphatic hydroxyl groups is 2. The van der Waals surface area contributed by atoms with Crippen LogP contribution in [0, 0.1) is 17.0 Å². The Kier molecular flexibility index (Phi) is 3.75. The number of hydrogen-bond donors (Lipinski definition) is 2. The molecule has 1 aromatic heterocycles. The molecule has 0 atom stereocenters. The van der Waals surface area contributed by atoms with Crippen LogP contribution in [-0.2, 0) is 13.0 Å². The largest absolute Gasteiger partial charge is 0.396 e. The van der Waals surface area contributed by atoms with Crippen molar-refractivity contribution in [1.82, 2.24) is 9.55 Å². The van der Waals surface area contributed by atoms with Crippen molar-refractivity contribution in [2.45, 2.75) is 19.9 Å². The fourth-order valence-electron chi connectivity index (χ4n) is 1.46. The minimum atomic E-state index is -0.541. The molecule has 0 aliphatic carbocycles. The van der Waals surface area contributed by atoms with E-state index < -0.39 is 4.92 Å². The van der Waals surface area contributed by atoms with E-state index in [1.54, 1.807) is 6.92 Å². The fraction of sp³-hybridized carbons (Fsp3) is 0.625. The first kappa shape index (κ1) is 11.6. The van der Waals surface area contributed by atoms with Gasteiger partial charge in [-0.1, -0.05) is 0 Å². The second kappa shape index (κ2) is 4.85. The van der Waals surface area contributed by atoms with Gasteiger partial charge in [0.15, 0.2) is 5.82 Å². The third-order valence-electron chi connectivity index (χ3n) is 2.05. The Morgan fingerprint density at radius 3 is 2.60 bits per heavy atom. The van der Waals surface area contributed by atoms with Crippen LogP contribution in [0.15, 0.2) is 0 Å². The van der Waals surface area contributed by atoms with Gasteiger partial charge in [0, 0.05) is 20.0 Å². The highest BCUT2D eigenvalue weighted by Crippen LogP contribution is 2.20. The Morgan fingerprint density at radius 2 is 2.13 bits per heavy atom. The first-order chi connectivity index (χ1) is 7.11. The molecule has 0 bridgehead atoms. The first-order valence-corrected chi connectivity index (χ1v) is 4.54. The highest BCUT2D eigenvalue weighted by atomic mass is 16.6. The normalized spacial score (nSPS) is 10.6. The van der Waals surface area contributed by atoms with Crippen molar-refractivity contribution in [1.29, 1.82) is 0 Å². The quantitative estimate of drug-likeness (QED) is 0.515. The maximum absolute atomic E-state index is 10.8. The lowest BCUT2D eigenvalue weighted by atomic mass is 10.3. The van der Waals surface area contributed by atoms with Crippen molar-refractivity contribution in [2.75, 3.05) is 13.2 Å². The molecule has 7 nitrogen and oxygen atoms in total. The van der Waals surface area contributed by atoms with E-state index in [0.717, 1.165) is 0 Å². The van der Waals surface area contributed by atoms with Crippen molar-refractivity contribution in [3.8, 4) is 0 Å². The van der Waals surface area contributed by atoms with Gasteiger partial charge in [-0.15, -0.1) is 0 Å². The zero-order valence-electron chi connectivity index (χ0n) is 8.38. The molecule has 0 fully saturated rings. The minimum absolute atomic E-state index is 0.139. The van der Waals surface area contributed by atoms with E-state index in [9.17, 15) is 10.1 Å². The highest BCUT2D eigenvalue weighted by molar-refractivity contribution is 5.30. The van der Waals surface area contributed by atoms with Gasteiger partial charge in [0.2, 0.25) is 0 Å². The molecule has 0 aliphatic rings. The number of aryl methyl sites for hydroxylation is 1. The lowest BCUT2D eigenvalue weighted by Crippen LogP contribution is -2.08. The van der Waals surface area contributed by atoms with Gasteiger partial charge in [0.25, 0.3) is 0 Å². The molecule has 0 saturated heterocycles. The van der Waals surface area contributed by atoms with Crippen LogP contribution in [0.25, 0.3) is 0 Å². The summed E-state index contributed by atoms with van der Waals surface area (Å²) in [4.78, 5) is 14.2. The fourth-order valence-corrected chi connectivity index (χ4v) is 1.46. The van der Waals surface area contributed by atoms with E-state index in [1.165, 1.54) is 4.57 Å². The molecule has 0 radical (unpaired) electrons. The summed E-state index contributed by atoms with van der Waals surface area (Å²) >= 11 is 0. The molecule has 84 valence electrons. The topological polar surface area (TPSA) is 101 Å². The summed E-state index contributed by atoms with van der Waals surface area (Å²) in [7, 11) is 0. The summed E-state index contributed by atoms with van der Waals surface area (Å²) < 4.78 is 1.34. The van der Waals surface area contributed by atoms with Crippen molar-refractivity contribution in [2.24, 2.45) is 0 Å². The van der Waals surface area contributed by atoms with E-state index in [1.807, 2.05) is 0 Å². The molecule has 1 heterocycles. The van der Waals surface area contributed by atoms with Crippen LogP contribution in [0.5, 0.6) is 0 Å². The Labute approximate surface area is 86.1 Å². The monoisotopic (exact) mass is 215 g/mol. The van der Waals surface area contributed by atoms with Crippen LogP contribution in [0.2, 0.25) is 0 Å². The van der Waals surface area contributed by atoms with Crippen molar-refractivity contribution < 1.29 is 15.1 Å². The average Bonchev–Trinajstić information content (AvgIpc) is 2.44. The van der Waals surface area contributed by atoms with Crippen LogP contribution in [0.3, 0.4) is 0 Å². The van der Waals surface area contributed by atoms with E-state index in [4.69, 9.17) is 10.2 Å². The van der Waals surface area contributed by atoms with Gasteiger partial charge in [0.1, 0.15) is 12.2 Å². The summed E-state index contributed by atoms with van der Waals surface area (Å²) in [6, 6.07) is 0. The third-order valence-corrected chi connectivity index (χ3v) is 2.05. The molecule has 7 heteroatoms. The molecule has 0 spiro atoms. The van der Waals surface area contributed by atoms with Gasteiger partial charge in [-0.25, -0.2) is 9.55 Å². The third kappa shape index (κ3) is 2.31. The van der Waals surface area contributed by atoms with E-state index in [2.05, 4.69) is 4.98 Å². The summed E-state index contributed by atoms with van der Waals surface area (Å²) in [6.45, 7) is 1.40. The van der Waals surface area contributed by atoms with Crippen LogP contribution in [0.4, 0.5) is 5.82 Å². The van der Waals surface area contributed by atoms with Gasteiger partial charge < -0.3 is 20.3 Å². The second-order valence-corrected chi connectivity index (χ2v) is 3.04. The molecule has 0 saturated carbocycles. The van der Waals surface area contributed by atoms with Gasteiger partial charge in [-0.05, 0) is 4.92 Å². The molecule has 0 aliphatic heterocycles. The maximum atomic E-state index is 10.8. The van der Waals surface area contributed by atoms with Crippen LogP contribution in [-0.4, -0.2) is 37.9 Å². The van der Waals surface area contributed by atoms with E-state index in [-0.39, 0.29) is 37.7 Å².